The second-order valence-corrected chi connectivity index (χ2v) is 9.11. The summed E-state index contributed by atoms with van der Waals surface area (Å²) in [6, 6.07) is 15.2. The Labute approximate surface area is 200 Å². The number of hydrogen-bond donors (Lipinski definition) is 1. The molecule has 1 heterocycles. The summed E-state index contributed by atoms with van der Waals surface area (Å²) < 4.78 is 4.90. The van der Waals surface area contributed by atoms with Gasteiger partial charge in [0.05, 0.1) is 19.6 Å². The van der Waals surface area contributed by atoms with Crippen LogP contribution in [0.2, 0.25) is 10.0 Å². The number of halogens is 2. The van der Waals surface area contributed by atoms with Crippen LogP contribution in [0.4, 0.5) is 0 Å². The van der Waals surface area contributed by atoms with Crippen LogP contribution >= 0.6 is 23.2 Å². The van der Waals surface area contributed by atoms with E-state index in [0.29, 0.717) is 23.0 Å². The Bertz CT molecular complexity index is 935. The minimum Gasteiger partial charge on any atom is -0.469 e. The van der Waals surface area contributed by atoms with E-state index >= 15 is 0 Å². The third-order valence-electron chi connectivity index (χ3n) is 6.26. The standard InChI is InChI=1S/C25H30Cl2N2O3/c1-4-21(15-28-2)29-24(16-8-10-19(26)11-9-16)22(17-6-5-7-20(27)12-17)13-18(25(29)31)14-23(30)32-3/h5-12,18,21-22,24,28H,4,13-15H2,1-3H3/t18?,21?,22-,24?/m1/s1. The first-order valence-corrected chi connectivity index (χ1v) is 11.7. The van der Waals surface area contributed by atoms with Crippen molar-refractivity contribution in [3.63, 3.8) is 0 Å². The van der Waals surface area contributed by atoms with Gasteiger partial charge in [0.25, 0.3) is 0 Å². The van der Waals surface area contributed by atoms with E-state index in [9.17, 15) is 9.59 Å². The highest BCUT2D eigenvalue weighted by molar-refractivity contribution is 6.30. The summed E-state index contributed by atoms with van der Waals surface area (Å²) in [6.07, 6.45) is 1.38. The lowest BCUT2D eigenvalue weighted by molar-refractivity contribution is -0.153. The van der Waals surface area contributed by atoms with Gasteiger partial charge in [-0.3, -0.25) is 9.59 Å². The number of nitrogens with one attached hydrogen (secondary N) is 1. The monoisotopic (exact) mass is 476 g/mol. The molecule has 32 heavy (non-hydrogen) atoms. The van der Waals surface area contributed by atoms with Crippen molar-refractivity contribution >= 4 is 35.1 Å². The van der Waals surface area contributed by atoms with Crippen molar-refractivity contribution in [3.8, 4) is 0 Å². The van der Waals surface area contributed by atoms with Gasteiger partial charge in [0.2, 0.25) is 5.91 Å². The van der Waals surface area contributed by atoms with Crippen molar-refractivity contribution in [2.75, 3.05) is 20.7 Å². The lowest BCUT2D eigenvalue weighted by atomic mass is 9.74. The van der Waals surface area contributed by atoms with Crippen LogP contribution in [0.1, 0.15) is 49.3 Å². The molecule has 1 N–H and O–H groups in total. The Morgan fingerprint density at radius 1 is 1.16 bits per heavy atom. The minimum atomic E-state index is -0.458. The number of benzene rings is 2. The number of likely N-dealkylation sites (tertiary alicyclic amines) is 1. The molecule has 0 spiro atoms. The quantitative estimate of drug-likeness (QED) is 0.530. The van der Waals surface area contributed by atoms with Crippen molar-refractivity contribution in [1.82, 2.24) is 10.2 Å². The van der Waals surface area contributed by atoms with Crippen LogP contribution < -0.4 is 5.32 Å². The number of ether oxygens (including phenoxy) is 1. The topological polar surface area (TPSA) is 58.6 Å². The summed E-state index contributed by atoms with van der Waals surface area (Å²) in [5.41, 5.74) is 2.06. The van der Waals surface area contributed by atoms with E-state index in [0.717, 1.165) is 17.5 Å². The molecule has 172 valence electrons. The lowest BCUT2D eigenvalue weighted by Crippen LogP contribution is -2.54. The lowest BCUT2D eigenvalue weighted by Gasteiger charge is -2.48. The molecular weight excluding hydrogens is 447 g/mol. The molecule has 1 saturated heterocycles. The summed E-state index contributed by atoms with van der Waals surface area (Å²) in [7, 11) is 3.24. The molecule has 5 nitrogen and oxygen atoms in total. The first kappa shape index (κ1) is 24.6. The molecule has 1 aliphatic heterocycles. The highest BCUT2D eigenvalue weighted by Crippen LogP contribution is 2.47. The van der Waals surface area contributed by atoms with Gasteiger partial charge in [-0.1, -0.05) is 54.4 Å². The van der Waals surface area contributed by atoms with E-state index in [1.54, 1.807) is 0 Å². The number of carbonyl (C=O) groups is 2. The van der Waals surface area contributed by atoms with Gasteiger partial charge in [-0.25, -0.2) is 0 Å². The number of methoxy groups -OCH3 is 1. The molecule has 0 radical (unpaired) electrons. The molecule has 7 heteroatoms. The molecule has 0 saturated carbocycles. The normalized spacial score (nSPS) is 22.0. The molecule has 2 aromatic rings. The van der Waals surface area contributed by atoms with Gasteiger partial charge in [-0.05, 0) is 55.3 Å². The Kier molecular flexibility index (Phi) is 8.57. The van der Waals surface area contributed by atoms with Crippen molar-refractivity contribution < 1.29 is 14.3 Å². The second-order valence-electron chi connectivity index (χ2n) is 8.24. The third-order valence-corrected chi connectivity index (χ3v) is 6.74. The van der Waals surface area contributed by atoms with Gasteiger partial charge < -0.3 is 15.0 Å². The number of nitrogens with zero attached hydrogens (tertiary/aromatic N) is 1. The Morgan fingerprint density at radius 3 is 2.47 bits per heavy atom. The molecule has 1 aliphatic rings. The Hall–Kier alpha value is -2.08. The second kappa shape index (κ2) is 11.2. The summed E-state index contributed by atoms with van der Waals surface area (Å²) in [6.45, 7) is 2.73. The van der Waals surface area contributed by atoms with Crippen molar-refractivity contribution in [3.05, 3.63) is 69.7 Å². The molecule has 1 fully saturated rings. The SMILES string of the molecule is CCC(CNC)N1C(=O)C(CC(=O)OC)C[C@H](c2cccc(Cl)c2)C1c1ccc(Cl)cc1. The number of piperidine rings is 1. The molecule has 4 atom stereocenters. The van der Waals surface area contributed by atoms with Crippen LogP contribution in [0, 0.1) is 5.92 Å². The van der Waals surface area contributed by atoms with Crippen LogP contribution in [-0.4, -0.2) is 43.5 Å². The number of rotatable bonds is 8. The number of carbonyl (C=O) groups excluding carboxylic acids is 2. The maximum Gasteiger partial charge on any atom is 0.306 e. The summed E-state index contributed by atoms with van der Waals surface area (Å²) in [4.78, 5) is 27.9. The van der Waals surface area contributed by atoms with E-state index in [1.165, 1.54) is 7.11 Å². The molecule has 0 aliphatic carbocycles. The van der Waals surface area contributed by atoms with Crippen LogP contribution in [0.25, 0.3) is 0 Å². The first-order chi connectivity index (χ1) is 15.4. The zero-order valence-electron chi connectivity index (χ0n) is 18.7. The van der Waals surface area contributed by atoms with Crippen molar-refractivity contribution in [2.24, 2.45) is 5.92 Å². The zero-order chi connectivity index (χ0) is 23.3. The average molecular weight is 477 g/mol. The Balaban J connectivity index is 2.15. The molecule has 0 bridgehead atoms. The zero-order valence-corrected chi connectivity index (χ0v) is 20.2. The highest BCUT2D eigenvalue weighted by Gasteiger charge is 2.45. The maximum absolute atomic E-state index is 13.8. The summed E-state index contributed by atoms with van der Waals surface area (Å²) >= 11 is 12.5. The van der Waals surface area contributed by atoms with Crippen LogP contribution in [0.15, 0.2) is 48.5 Å². The van der Waals surface area contributed by atoms with E-state index < -0.39 is 5.92 Å². The first-order valence-electron chi connectivity index (χ1n) is 10.9. The molecule has 2 aromatic carbocycles. The fourth-order valence-electron chi connectivity index (χ4n) is 4.72. The number of likely N-dealkylation sites (N-methyl/N-ethyl adjacent to an activating group) is 1. The molecule has 3 unspecified atom stereocenters. The predicted octanol–water partition coefficient (Wildman–Crippen LogP) is 5.23. The molecular formula is C25H30Cl2N2O3. The number of esters is 1. The van der Waals surface area contributed by atoms with Gasteiger partial charge in [-0.15, -0.1) is 0 Å². The van der Waals surface area contributed by atoms with Gasteiger partial charge >= 0.3 is 5.97 Å². The van der Waals surface area contributed by atoms with Crippen LogP contribution in [0.3, 0.4) is 0 Å². The molecule has 0 aromatic heterocycles. The largest absolute Gasteiger partial charge is 0.469 e. The number of amides is 1. The van der Waals surface area contributed by atoms with Gasteiger partial charge in [0, 0.05) is 34.5 Å². The maximum atomic E-state index is 13.8. The molecule has 1 amide bonds. The fourth-order valence-corrected chi connectivity index (χ4v) is 5.05. The van der Waals surface area contributed by atoms with Gasteiger partial charge in [-0.2, -0.15) is 0 Å². The van der Waals surface area contributed by atoms with Crippen molar-refractivity contribution in [2.45, 2.75) is 44.2 Å². The predicted molar refractivity (Wildman–Crippen MR) is 128 cm³/mol. The smallest absolute Gasteiger partial charge is 0.306 e. The summed E-state index contributed by atoms with van der Waals surface area (Å²) in [5, 5.41) is 4.51. The summed E-state index contributed by atoms with van der Waals surface area (Å²) in [5.74, 6) is -0.885. The fraction of sp³-hybridized carbons (Fsp3) is 0.440. The van der Waals surface area contributed by atoms with Crippen LogP contribution in [0.5, 0.6) is 0 Å². The minimum absolute atomic E-state index is 0.0178. The number of hydrogen-bond acceptors (Lipinski definition) is 4. The highest BCUT2D eigenvalue weighted by atomic mass is 35.5. The van der Waals surface area contributed by atoms with Gasteiger partial charge in [0.15, 0.2) is 0 Å². The van der Waals surface area contributed by atoms with E-state index in [4.69, 9.17) is 27.9 Å². The van der Waals surface area contributed by atoms with Gasteiger partial charge in [0.1, 0.15) is 0 Å². The van der Waals surface area contributed by atoms with Crippen molar-refractivity contribution in [1.29, 1.82) is 0 Å². The van der Waals surface area contributed by atoms with E-state index in [-0.39, 0.29) is 36.3 Å². The average Bonchev–Trinajstić information content (AvgIpc) is 2.79. The molecule has 3 rings (SSSR count). The van der Waals surface area contributed by atoms with E-state index in [1.807, 2.05) is 60.5 Å². The van der Waals surface area contributed by atoms with Crippen LogP contribution in [-0.2, 0) is 14.3 Å². The Morgan fingerprint density at radius 2 is 1.88 bits per heavy atom. The third kappa shape index (κ3) is 5.45. The van der Waals surface area contributed by atoms with E-state index in [2.05, 4.69) is 12.2 Å².